The minimum absolute atomic E-state index is 0.00884. The topological polar surface area (TPSA) is 164 Å². The highest BCUT2D eigenvalue weighted by Crippen LogP contribution is 2.52. The Balaban J connectivity index is 1.58. The number of benzene rings is 2. The number of nitrogens with two attached hydrogens (primary N) is 1. The van der Waals surface area contributed by atoms with Crippen molar-refractivity contribution in [3.8, 4) is 23.0 Å². The van der Waals surface area contributed by atoms with E-state index in [1.54, 1.807) is 6.07 Å². The maximum Gasteiger partial charge on any atom is 0.387 e. The Morgan fingerprint density at radius 3 is 2.30 bits per heavy atom. The van der Waals surface area contributed by atoms with Crippen LogP contribution in [0, 0.1) is 5.92 Å². The monoisotopic (exact) mass is 761 g/mol. The van der Waals surface area contributed by atoms with Crippen LogP contribution in [0.3, 0.4) is 0 Å². The Morgan fingerprint density at radius 1 is 1.00 bits per heavy atom. The Labute approximate surface area is 298 Å². The molecule has 0 amide bonds. The first-order chi connectivity index (χ1) is 23.7. The van der Waals surface area contributed by atoms with Crippen LogP contribution < -0.4 is 29.1 Å². The summed E-state index contributed by atoms with van der Waals surface area (Å²) in [5, 5.41) is 6.07. The molecular formula is C33H37Cl2F2N2O10S+. The van der Waals surface area contributed by atoms with Gasteiger partial charge in [-0.05, 0) is 54.5 Å². The molecule has 3 N–H and O–H groups in total. The molecule has 0 aliphatic heterocycles. The minimum atomic E-state index is -4.14. The van der Waals surface area contributed by atoms with E-state index in [0.29, 0.717) is 41.7 Å². The number of esters is 2. The number of hydrogen-bond acceptors (Lipinski definition) is 10. The standard InChI is InChI=1S/C33H36Cl2F2N2O10S/c1-18(40)46-9-5-4-6-32(41)48-27(13-23-24(34)15-39-16-25(23)35)19-7-8-26(49-33(36)37)30(11-19)47-17-20-10-21(20)22-12-28(44-2)29(45-3)14-31(22)50(38,42)43/h7-8,11-12,14-16,20-21,27,33H,4-6,9-10,13,17H2,1-3H3,(H2,38,42,43)/p+1/t20?,21?,27-/m0/s1. The fourth-order valence-electron chi connectivity index (χ4n) is 5.34. The van der Waals surface area contributed by atoms with Gasteiger partial charge in [-0.25, -0.2) is 18.5 Å². The lowest BCUT2D eigenvalue weighted by Crippen LogP contribution is -2.16. The molecule has 2 aromatic carbocycles. The van der Waals surface area contributed by atoms with Crippen molar-refractivity contribution >= 4 is 45.2 Å². The smallest absolute Gasteiger partial charge is 0.387 e. The van der Waals surface area contributed by atoms with Gasteiger partial charge >= 0.3 is 18.6 Å². The number of hydrogen-bond donors (Lipinski definition) is 1. The molecule has 0 bridgehead atoms. The maximum atomic E-state index is 13.4. The van der Waals surface area contributed by atoms with Crippen molar-refractivity contribution in [1.82, 2.24) is 0 Å². The molecule has 1 saturated carbocycles. The molecule has 0 saturated heterocycles. The minimum Gasteiger partial charge on any atom is -0.493 e. The van der Waals surface area contributed by atoms with Gasteiger partial charge in [-0.1, -0.05) is 29.3 Å². The molecule has 17 heteroatoms. The molecule has 0 spiro atoms. The number of ether oxygens (including phenoxy) is 6. The zero-order chi connectivity index (χ0) is 36.6. The summed E-state index contributed by atoms with van der Waals surface area (Å²) in [6, 6.07) is 7.00. The van der Waals surface area contributed by atoms with Gasteiger partial charge in [0.05, 0.1) is 32.3 Å². The molecule has 272 valence electrons. The Morgan fingerprint density at radius 2 is 1.68 bits per heavy atom. The second-order valence-electron chi connectivity index (χ2n) is 11.4. The SMILES string of the molecule is COc1cc(C2CC2COc2cc([C@H](Cc3c(Cl)c[nH+]cc3Cl)OC(=O)CCCCOC(C)=O)ccc2OC(F)F)c(S(N)(=O)=O)cc1OC. The van der Waals surface area contributed by atoms with E-state index in [1.807, 2.05) is 0 Å². The third-order valence-corrected chi connectivity index (χ3v) is 9.53. The zero-order valence-electron chi connectivity index (χ0n) is 27.4. The van der Waals surface area contributed by atoms with Crippen molar-refractivity contribution in [3.63, 3.8) is 0 Å². The molecule has 4 rings (SSSR count). The average molecular weight is 763 g/mol. The highest BCUT2D eigenvalue weighted by atomic mass is 35.5. The number of pyridine rings is 1. The number of unbranched alkanes of at least 4 members (excludes halogenated alkanes) is 1. The molecule has 3 atom stereocenters. The predicted molar refractivity (Wildman–Crippen MR) is 176 cm³/mol. The van der Waals surface area contributed by atoms with Gasteiger partial charge in [0.2, 0.25) is 10.0 Å². The maximum absolute atomic E-state index is 13.4. The van der Waals surface area contributed by atoms with E-state index < -0.39 is 34.7 Å². The van der Waals surface area contributed by atoms with Crippen molar-refractivity contribution < 1.29 is 60.2 Å². The normalized spacial score (nSPS) is 16.0. The van der Waals surface area contributed by atoms with Gasteiger partial charge < -0.3 is 28.4 Å². The van der Waals surface area contributed by atoms with Gasteiger partial charge in [-0.2, -0.15) is 8.78 Å². The van der Waals surface area contributed by atoms with Crippen molar-refractivity contribution in [2.75, 3.05) is 27.4 Å². The van der Waals surface area contributed by atoms with Gasteiger partial charge in [0.1, 0.15) is 16.1 Å². The number of aromatic amines is 1. The largest absolute Gasteiger partial charge is 0.493 e. The van der Waals surface area contributed by atoms with Crippen LogP contribution in [0.1, 0.15) is 61.3 Å². The van der Waals surface area contributed by atoms with Gasteiger partial charge in [-0.15, -0.1) is 0 Å². The van der Waals surface area contributed by atoms with Crippen molar-refractivity contribution in [3.05, 3.63) is 69.5 Å². The number of sulfonamides is 1. The number of rotatable bonds is 18. The third kappa shape index (κ3) is 10.5. The van der Waals surface area contributed by atoms with Crippen LogP contribution in [0.4, 0.5) is 8.78 Å². The van der Waals surface area contributed by atoms with E-state index in [-0.39, 0.29) is 70.1 Å². The molecule has 3 aromatic rings. The summed E-state index contributed by atoms with van der Waals surface area (Å²) in [6.45, 7) is -1.73. The van der Waals surface area contributed by atoms with Crippen molar-refractivity contribution in [2.24, 2.45) is 11.1 Å². The molecule has 50 heavy (non-hydrogen) atoms. The van der Waals surface area contributed by atoms with E-state index in [2.05, 4.69) is 4.98 Å². The fraction of sp³-hybridized carbons (Fsp3) is 0.424. The molecule has 1 aromatic heterocycles. The van der Waals surface area contributed by atoms with Gasteiger partial charge in [0.15, 0.2) is 35.4 Å². The van der Waals surface area contributed by atoms with Crippen molar-refractivity contribution in [1.29, 1.82) is 0 Å². The zero-order valence-corrected chi connectivity index (χ0v) is 29.7. The van der Waals surface area contributed by atoms with Crippen LogP contribution in [0.5, 0.6) is 23.0 Å². The first-order valence-corrected chi connectivity index (χ1v) is 17.7. The third-order valence-electron chi connectivity index (χ3n) is 7.89. The number of H-pyrrole nitrogens is 1. The second kappa shape index (κ2) is 17.3. The van der Waals surface area contributed by atoms with E-state index in [9.17, 15) is 26.8 Å². The summed E-state index contributed by atoms with van der Waals surface area (Å²) in [7, 11) is -1.36. The van der Waals surface area contributed by atoms with E-state index >= 15 is 0 Å². The number of alkyl halides is 2. The second-order valence-corrected chi connectivity index (χ2v) is 13.7. The summed E-state index contributed by atoms with van der Waals surface area (Å²) >= 11 is 12.8. The van der Waals surface area contributed by atoms with Crippen LogP contribution in [0.15, 0.2) is 47.6 Å². The summed E-state index contributed by atoms with van der Waals surface area (Å²) in [5.41, 5.74) is 1.25. The lowest BCUT2D eigenvalue weighted by Gasteiger charge is -2.21. The molecule has 1 heterocycles. The Hall–Kier alpha value is -3.92. The summed E-state index contributed by atoms with van der Waals surface area (Å²) in [4.78, 5) is 26.6. The molecule has 12 nitrogen and oxygen atoms in total. The highest BCUT2D eigenvalue weighted by molar-refractivity contribution is 7.89. The van der Waals surface area contributed by atoms with Crippen molar-refractivity contribution in [2.45, 2.75) is 62.6 Å². The van der Waals surface area contributed by atoms with E-state index in [1.165, 1.54) is 57.8 Å². The van der Waals surface area contributed by atoms with Gasteiger partial charge in [0, 0.05) is 37.3 Å². The van der Waals surface area contributed by atoms with Crippen LogP contribution in [0.25, 0.3) is 0 Å². The molecule has 0 radical (unpaired) electrons. The first kappa shape index (κ1) is 38.9. The summed E-state index contributed by atoms with van der Waals surface area (Å²) in [6.07, 6.45) is 3.40. The van der Waals surface area contributed by atoms with E-state index in [4.69, 9.17) is 56.8 Å². The fourth-order valence-corrected chi connectivity index (χ4v) is 6.68. The Kier molecular flexibility index (Phi) is 13.5. The molecule has 1 aliphatic rings. The summed E-state index contributed by atoms with van der Waals surface area (Å²) in [5.74, 6) is -1.35. The highest BCUT2D eigenvalue weighted by Gasteiger charge is 2.42. The lowest BCUT2D eigenvalue weighted by molar-refractivity contribution is -0.377. The number of aromatic nitrogens is 1. The van der Waals surface area contributed by atoms with Crippen LogP contribution in [-0.4, -0.2) is 54.4 Å². The number of carbonyl (C=O) groups is 2. The molecular weight excluding hydrogens is 725 g/mol. The number of primary sulfonamides is 1. The van der Waals surface area contributed by atoms with Gasteiger partial charge in [-0.3, -0.25) is 9.59 Å². The van der Waals surface area contributed by atoms with Crippen LogP contribution in [-0.2, 0) is 35.5 Å². The molecule has 1 fully saturated rings. The van der Waals surface area contributed by atoms with Gasteiger partial charge in [0.25, 0.3) is 0 Å². The molecule has 1 aliphatic carbocycles. The number of methoxy groups -OCH3 is 2. The first-order valence-electron chi connectivity index (χ1n) is 15.4. The Bertz CT molecular complexity index is 1780. The van der Waals surface area contributed by atoms with Crippen LogP contribution in [0.2, 0.25) is 10.0 Å². The number of nitrogens with one attached hydrogen (secondary N) is 1. The number of halogens is 4. The predicted octanol–water partition coefficient (Wildman–Crippen LogP) is 5.82. The average Bonchev–Trinajstić information content (AvgIpc) is 3.83. The number of carbonyl (C=O) groups excluding carboxylic acids is 2. The quantitative estimate of drug-likeness (QED) is 0.124. The lowest BCUT2D eigenvalue weighted by atomic mass is 10.0. The van der Waals surface area contributed by atoms with E-state index in [0.717, 1.165) is 0 Å². The molecule has 2 unspecified atom stereocenters. The summed E-state index contributed by atoms with van der Waals surface area (Å²) < 4.78 is 83.8. The van der Waals surface area contributed by atoms with Crippen LogP contribution >= 0.6 is 23.2 Å².